The van der Waals surface area contributed by atoms with E-state index in [1.807, 2.05) is 39.0 Å². The third-order valence-electron chi connectivity index (χ3n) is 5.42. The van der Waals surface area contributed by atoms with Crippen LogP contribution < -0.4 is 10.2 Å². The number of carboxylic acid groups (broad SMARTS) is 1. The summed E-state index contributed by atoms with van der Waals surface area (Å²) in [6.07, 6.45) is 0.135. The molecule has 0 aromatic heterocycles. The van der Waals surface area contributed by atoms with Crippen molar-refractivity contribution in [3.05, 3.63) is 58.1 Å². The number of hydrogen-bond donors (Lipinski definition) is 2. The zero-order valence-electron chi connectivity index (χ0n) is 16.5. The fourth-order valence-electron chi connectivity index (χ4n) is 3.60. The van der Waals surface area contributed by atoms with Gasteiger partial charge < -0.3 is 15.3 Å². The Labute approximate surface area is 164 Å². The highest BCUT2D eigenvalue weighted by Gasteiger charge is 2.36. The minimum Gasteiger partial charge on any atom is -0.478 e. The third kappa shape index (κ3) is 3.63. The summed E-state index contributed by atoms with van der Waals surface area (Å²) in [5.41, 5.74) is 4.99. The highest BCUT2D eigenvalue weighted by molar-refractivity contribution is 6.04. The topological polar surface area (TPSA) is 86.7 Å². The van der Waals surface area contributed by atoms with E-state index in [0.29, 0.717) is 17.8 Å². The van der Waals surface area contributed by atoms with Gasteiger partial charge in [0.15, 0.2) is 0 Å². The summed E-state index contributed by atoms with van der Waals surface area (Å²) in [5, 5.41) is 12.1. The van der Waals surface area contributed by atoms with Gasteiger partial charge in [0.1, 0.15) is 0 Å². The molecular formula is C22H24N2O4. The van der Waals surface area contributed by atoms with Gasteiger partial charge in [-0.3, -0.25) is 9.59 Å². The molecule has 28 heavy (non-hydrogen) atoms. The summed E-state index contributed by atoms with van der Waals surface area (Å²) in [6, 6.07) is 9.00. The summed E-state index contributed by atoms with van der Waals surface area (Å²) >= 11 is 0. The van der Waals surface area contributed by atoms with Gasteiger partial charge in [-0.25, -0.2) is 4.79 Å². The summed E-state index contributed by atoms with van der Waals surface area (Å²) in [6.45, 7) is 7.81. The van der Waals surface area contributed by atoms with Crippen molar-refractivity contribution in [2.45, 2.75) is 34.1 Å². The lowest BCUT2D eigenvalue weighted by Crippen LogP contribution is -2.29. The first kappa shape index (κ1) is 19.6. The van der Waals surface area contributed by atoms with Gasteiger partial charge in [-0.2, -0.15) is 0 Å². The van der Waals surface area contributed by atoms with E-state index < -0.39 is 11.9 Å². The van der Waals surface area contributed by atoms with Crippen molar-refractivity contribution in [3.63, 3.8) is 0 Å². The molecule has 6 heteroatoms. The summed E-state index contributed by atoms with van der Waals surface area (Å²) in [4.78, 5) is 38.3. The lowest BCUT2D eigenvalue weighted by molar-refractivity contribution is -0.122. The predicted molar refractivity (Wildman–Crippen MR) is 108 cm³/mol. The number of aromatic carboxylic acids is 1. The Kier molecular flexibility index (Phi) is 5.23. The molecular weight excluding hydrogens is 356 g/mol. The van der Waals surface area contributed by atoms with Crippen molar-refractivity contribution in [1.82, 2.24) is 0 Å². The number of rotatable bonds is 4. The van der Waals surface area contributed by atoms with E-state index in [1.54, 1.807) is 17.9 Å². The molecule has 6 nitrogen and oxygen atoms in total. The molecule has 146 valence electrons. The minimum atomic E-state index is -1.04. The lowest BCUT2D eigenvalue weighted by Gasteiger charge is -2.20. The number of carboxylic acids is 1. The molecule has 2 N–H and O–H groups in total. The number of benzene rings is 2. The van der Waals surface area contributed by atoms with Crippen molar-refractivity contribution >= 4 is 29.2 Å². The highest BCUT2D eigenvalue weighted by atomic mass is 16.4. The molecule has 0 spiro atoms. The number of anilines is 2. The maximum absolute atomic E-state index is 12.8. The predicted octanol–water partition coefficient (Wildman–Crippen LogP) is 3.61. The Bertz CT molecular complexity index is 981. The van der Waals surface area contributed by atoms with Crippen LogP contribution in [0.15, 0.2) is 30.3 Å². The van der Waals surface area contributed by atoms with Crippen LogP contribution in [0.5, 0.6) is 0 Å². The Hall–Kier alpha value is -3.15. The SMILES string of the molecule is Cc1cc(C)c(C(=O)O)cc1NC(=O)C1CC(=O)N(c2cccc(C)c2C)C1. The van der Waals surface area contributed by atoms with Crippen LogP contribution in [0, 0.1) is 33.6 Å². The molecule has 0 bridgehead atoms. The zero-order valence-corrected chi connectivity index (χ0v) is 16.5. The van der Waals surface area contributed by atoms with E-state index in [-0.39, 0.29) is 23.8 Å². The number of carbonyl (C=O) groups excluding carboxylic acids is 2. The van der Waals surface area contributed by atoms with E-state index in [1.165, 1.54) is 6.07 Å². The molecule has 0 aliphatic carbocycles. The van der Waals surface area contributed by atoms with Crippen LogP contribution in [0.1, 0.15) is 39.0 Å². The van der Waals surface area contributed by atoms with E-state index >= 15 is 0 Å². The normalized spacial score (nSPS) is 16.4. The number of amides is 2. The van der Waals surface area contributed by atoms with Crippen molar-refractivity contribution in [1.29, 1.82) is 0 Å². The fourth-order valence-corrected chi connectivity index (χ4v) is 3.60. The maximum atomic E-state index is 12.8. The van der Waals surface area contributed by atoms with E-state index in [2.05, 4.69) is 5.32 Å². The van der Waals surface area contributed by atoms with Gasteiger partial charge in [-0.1, -0.05) is 18.2 Å². The van der Waals surface area contributed by atoms with Crippen LogP contribution in [0.4, 0.5) is 11.4 Å². The van der Waals surface area contributed by atoms with E-state index in [0.717, 1.165) is 22.4 Å². The monoisotopic (exact) mass is 380 g/mol. The molecule has 2 aromatic rings. The standard InChI is InChI=1S/C22H24N2O4/c1-12-6-5-7-19(15(12)4)24-11-16(9-20(24)25)21(26)23-18-10-17(22(27)28)13(2)8-14(18)3/h5-8,10,16H,9,11H2,1-4H3,(H,23,26)(H,27,28). The Morgan fingerprint density at radius 2 is 1.79 bits per heavy atom. The van der Waals surface area contributed by atoms with Crippen molar-refractivity contribution < 1.29 is 19.5 Å². The van der Waals surface area contributed by atoms with Gasteiger partial charge in [0.05, 0.1) is 11.5 Å². The van der Waals surface area contributed by atoms with E-state index in [4.69, 9.17) is 0 Å². The zero-order chi connectivity index (χ0) is 20.6. The molecule has 2 amide bonds. The second-order valence-corrected chi connectivity index (χ2v) is 7.40. The molecule has 0 radical (unpaired) electrons. The van der Waals surface area contributed by atoms with Gasteiger partial charge in [0, 0.05) is 24.3 Å². The molecule has 1 atom stereocenters. The number of nitrogens with one attached hydrogen (secondary N) is 1. The Morgan fingerprint density at radius 3 is 2.46 bits per heavy atom. The smallest absolute Gasteiger partial charge is 0.336 e. The van der Waals surface area contributed by atoms with Crippen molar-refractivity contribution in [3.8, 4) is 0 Å². The number of nitrogens with zero attached hydrogens (tertiary/aromatic N) is 1. The molecule has 1 heterocycles. The first-order valence-electron chi connectivity index (χ1n) is 9.21. The average molecular weight is 380 g/mol. The molecule has 3 rings (SSSR count). The van der Waals surface area contributed by atoms with Crippen molar-refractivity contribution in [2.24, 2.45) is 5.92 Å². The minimum absolute atomic E-state index is 0.0827. The van der Waals surface area contributed by atoms with Crippen molar-refractivity contribution in [2.75, 3.05) is 16.8 Å². The van der Waals surface area contributed by atoms with E-state index in [9.17, 15) is 19.5 Å². The van der Waals surface area contributed by atoms with Gasteiger partial charge in [-0.05, 0) is 62.1 Å². The van der Waals surface area contributed by atoms with Gasteiger partial charge in [0.25, 0.3) is 0 Å². The molecule has 2 aromatic carbocycles. The van der Waals surface area contributed by atoms with Gasteiger partial charge >= 0.3 is 5.97 Å². The van der Waals surface area contributed by atoms with Gasteiger partial charge in [0.2, 0.25) is 11.8 Å². The molecule has 1 aliphatic heterocycles. The second-order valence-electron chi connectivity index (χ2n) is 7.40. The largest absolute Gasteiger partial charge is 0.478 e. The number of hydrogen-bond acceptors (Lipinski definition) is 3. The Morgan fingerprint density at radius 1 is 1.07 bits per heavy atom. The molecule has 1 aliphatic rings. The highest BCUT2D eigenvalue weighted by Crippen LogP contribution is 2.30. The maximum Gasteiger partial charge on any atom is 0.336 e. The quantitative estimate of drug-likeness (QED) is 0.848. The third-order valence-corrected chi connectivity index (χ3v) is 5.42. The molecule has 0 saturated carbocycles. The molecule has 1 unspecified atom stereocenters. The molecule has 1 fully saturated rings. The van der Waals surface area contributed by atoms with Crippen LogP contribution in [-0.4, -0.2) is 29.4 Å². The molecule has 1 saturated heterocycles. The van der Waals surface area contributed by atoms with Gasteiger partial charge in [-0.15, -0.1) is 0 Å². The number of aryl methyl sites for hydroxylation is 3. The van der Waals surface area contributed by atoms with Crippen LogP contribution in [-0.2, 0) is 9.59 Å². The Balaban J connectivity index is 1.80. The summed E-state index contributed by atoms with van der Waals surface area (Å²) < 4.78 is 0. The average Bonchev–Trinajstić information content (AvgIpc) is 3.01. The summed E-state index contributed by atoms with van der Waals surface area (Å²) in [5.74, 6) is -1.88. The first-order chi connectivity index (χ1) is 13.2. The number of carbonyl (C=O) groups is 3. The van der Waals surface area contributed by atoms with Crippen LogP contribution >= 0.6 is 0 Å². The first-order valence-corrected chi connectivity index (χ1v) is 9.21. The lowest BCUT2D eigenvalue weighted by atomic mass is 10.0. The van der Waals surface area contributed by atoms with Crippen LogP contribution in [0.25, 0.3) is 0 Å². The summed E-state index contributed by atoms with van der Waals surface area (Å²) in [7, 11) is 0. The van der Waals surface area contributed by atoms with Crippen LogP contribution in [0.3, 0.4) is 0 Å². The van der Waals surface area contributed by atoms with Crippen LogP contribution in [0.2, 0.25) is 0 Å². The fraction of sp³-hybridized carbons (Fsp3) is 0.318. The second kappa shape index (κ2) is 7.46.